The van der Waals surface area contributed by atoms with Crippen LogP contribution >= 0.6 is 0 Å². The Kier molecular flexibility index (Phi) is 10.1. The average molecular weight is 366 g/mol. The van der Waals surface area contributed by atoms with Crippen LogP contribution in [0, 0.1) is 0 Å². The monoisotopic (exact) mass is 365 g/mol. The highest BCUT2D eigenvalue weighted by atomic mass is 28.4. The smallest absolute Gasteiger partial charge is 0.386 e. The standard InChI is InChI=1S/C15H35NO5Si2/c1-17-22(18-2)14-10-6-8-12-16(22)13-9-7-11-15-23(19-3,20-4)21-5/h6-15H2,1-5H3. The summed E-state index contributed by atoms with van der Waals surface area (Å²) in [7, 11) is 4.07. The zero-order valence-electron chi connectivity index (χ0n) is 15.6. The van der Waals surface area contributed by atoms with Crippen molar-refractivity contribution in [3.63, 3.8) is 0 Å². The van der Waals surface area contributed by atoms with Gasteiger partial charge < -0.3 is 22.1 Å². The molecular formula is C15H35NO5Si2. The highest BCUT2D eigenvalue weighted by molar-refractivity contribution is 6.64. The quantitative estimate of drug-likeness (QED) is 0.414. The van der Waals surface area contributed by atoms with Crippen LogP contribution in [0.15, 0.2) is 0 Å². The summed E-state index contributed by atoms with van der Waals surface area (Å²) >= 11 is 0. The molecule has 0 amide bonds. The Morgan fingerprint density at radius 2 is 1.48 bits per heavy atom. The fraction of sp³-hybridized carbons (Fsp3) is 1.00. The molecule has 23 heavy (non-hydrogen) atoms. The Morgan fingerprint density at radius 1 is 0.826 bits per heavy atom. The normalized spacial score (nSPS) is 19.7. The molecule has 1 saturated heterocycles. The molecule has 1 rings (SSSR count). The molecule has 0 aromatic rings. The summed E-state index contributed by atoms with van der Waals surface area (Å²) in [6.07, 6.45) is 7.08. The topological polar surface area (TPSA) is 49.4 Å². The molecule has 8 heteroatoms. The number of hydrogen-bond donors (Lipinski definition) is 0. The van der Waals surface area contributed by atoms with E-state index in [1.165, 1.54) is 19.3 Å². The van der Waals surface area contributed by atoms with Gasteiger partial charge in [-0.05, 0) is 38.8 Å². The summed E-state index contributed by atoms with van der Waals surface area (Å²) in [6, 6.07) is 1.95. The lowest BCUT2D eigenvalue weighted by molar-refractivity contribution is 0.122. The predicted octanol–water partition coefficient (Wildman–Crippen LogP) is 2.75. The van der Waals surface area contributed by atoms with Crippen LogP contribution in [0.4, 0.5) is 0 Å². The minimum Gasteiger partial charge on any atom is -0.386 e. The summed E-state index contributed by atoms with van der Waals surface area (Å²) in [5.41, 5.74) is 0. The predicted molar refractivity (Wildman–Crippen MR) is 95.4 cm³/mol. The molecule has 0 bridgehead atoms. The lowest BCUT2D eigenvalue weighted by Gasteiger charge is -2.36. The van der Waals surface area contributed by atoms with Crippen molar-refractivity contribution in [2.45, 2.75) is 50.6 Å². The first-order valence-electron chi connectivity index (χ1n) is 8.63. The molecule has 138 valence electrons. The molecule has 1 aliphatic heterocycles. The first-order chi connectivity index (χ1) is 11.1. The van der Waals surface area contributed by atoms with Crippen molar-refractivity contribution >= 4 is 17.5 Å². The van der Waals surface area contributed by atoms with Crippen molar-refractivity contribution in [1.82, 2.24) is 4.57 Å². The molecule has 0 atom stereocenters. The van der Waals surface area contributed by atoms with Gasteiger partial charge >= 0.3 is 17.5 Å². The van der Waals surface area contributed by atoms with E-state index in [2.05, 4.69) is 4.57 Å². The minimum absolute atomic E-state index is 0.869. The maximum absolute atomic E-state index is 5.87. The van der Waals surface area contributed by atoms with Gasteiger partial charge in [0.05, 0.1) is 0 Å². The Bertz CT molecular complexity index is 306. The first-order valence-corrected chi connectivity index (χ1v) is 12.5. The fourth-order valence-electron chi connectivity index (χ4n) is 3.36. The van der Waals surface area contributed by atoms with E-state index in [0.29, 0.717) is 0 Å². The van der Waals surface area contributed by atoms with Crippen molar-refractivity contribution < 1.29 is 22.1 Å². The van der Waals surface area contributed by atoms with Gasteiger partial charge in [-0.25, -0.2) is 0 Å². The van der Waals surface area contributed by atoms with Gasteiger partial charge in [-0.1, -0.05) is 12.8 Å². The Morgan fingerprint density at radius 3 is 2.04 bits per heavy atom. The summed E-state index contributed by atoms with van der Waals surface area (Å²) in [6.45, 7) is 2.15. The Labute approximate surface area is 144 Å². The Hall–Kier alpha value is 0.194. The van der Waals surface area contributed by atoms with Crippen molar-refractivity contribution in [2.75, 3.05) is 48.6 Å². The van der Waals surface area contributed by atoms with Crippen LogP contribution in [0.2, 0.25) is 12.1 Å². The van der Waals surface area contributed by atoms with Crippen LogP contribution in [-0.4, -0.2) is 70.7 Å². The van der Waals surface area contributed by atoms with E-state index >= 15 is 0 Å². The third kappa shape index (κ3) is 5.89. The lowest BCUT2D eigenvalue weighted by Crippen LogP contribution is -2.57. The van der Waals surface area contributed by atoms with Gasteiger partial charge in [0.1, 0.15) is 0 Å². The molecule has 0 aliphatic carbocycles. The molecule has 1 heterocycles. The SMILES string of the molecule is CO[Si](CCCCCN1CCCCC[Si]1(OC)OC)(OC)OC. The van der Waals surface area contributed by atoms with Crippen molar-refractivity contribution in [2.24, 2.45) is 0 Å². The third-order valence-corrected chi connectivity index (χ3v) is 11.4. The van der Waals surface area contributed by atoms with Gasteiger partial charge in [0, 0.05) is 47.6 Å². The molecular weight excluding hydrogens is 330 g/mol. The zero-order chi connectivity index (χ0) is 17.2. The zero-order valence-corrected chi connectivity index (χ0v) is 17.6. The minimum atomic E-state index is -2.41. The maximum Gasteiger partial charge on any atom is 0.500 e. The summed E-state index contributed by atoms with van der Waals surface area (Å²) in [5, 5.41) is 0. The highest BCUT2D eigenvalue weighted by Gasteiger charge is 2.43. The summed E-state index contributed by atoms with van der Waals surface area (Å²) in [5.74, 6) is 0. The Balaban J connectivity index is 2.40. The number of unbranched alkanes of at least 4 members (excludes halogenated alkanes) is 2. The second kappa shape index (κ2) is 10.9. The molecule has 0 N–H and O–H groups in total. The van der Waals surface area contributed by atoms with E-state index in [9.17, 15) is 0 Å². The number of nitrogens with zero attached hydrogens (tertiary/aromatic N) is 1. The van der Waals surface area contributed by atoms with Gasteiger partial charge in [0.25, 0.3) is 0 Å². The van der Waals surface area contributed by atoms with Gasteiger partial charge in [0.15, 0.2) is 0 Å². The fourth-order valence-corrected chi connectivity index (χ4v) is 8.26. The van der Waals surface area contributed by atoms with Crippen LogP contribution in [-0.2, 0) is 22.1 Å². The van der Waals surface area contributed by atoms with Crippen molar-refractivity contribution in [3.05, 3.63) is 0 Å². The molecule has 0 spiro atoms. The van der Waals surface area contributed by atoms with E-state index in [4.69, 9.17) is 22.1 Å². The average Bonchev–Trinajstić information content (AvgIpc) is 2.81. The largest absolute Gasteiger partial charge is 0.500 e. The number of hydrogen-bond acceptors (Lipinski definition) is 6. The second-order valence-corrected chi connectivity index (χ2v) is 12.5. The molecule has 0 radical (unpaired) electrons. The highest BCUT2D eigenvalue weighted by Crippen LogP contribution is 2.26. The van der Waals surface area contributed by atoms with E-state index in [1.807, 2.05) is 14.2 Å². The van der Waals surface area contributed by atoms with Gasteiger partial charge in [-0.3, -0.25) is 4.57 Å². The molecule has 0 saturated carbocycles. The van der Waals surface area contributed by atoms with Gasteiger partial charge in [-0.15, -0.1) is 0 Å². The molecule has 1 fully saturated rings. The molecule has 0 aromatic carbocycles. The maximum atomic E-state index is 5.87. The molecule has 1 aliphatic rings. The van der Waals surface area contributed by atoms with E-state index in [0.717, 1.165) is 44.4 Å². The van der Waals surface area contributed by atoms with Crippen LogP contribution < -0.4 is 0 Å². The molecule has 0 aromatic heterocycles. The van der Waals surface area contributed by atoms with E-state index in [1.54, 1.807) is 21.3 Å². The van der Waals surface area contributed by atoms with E-state index in [-0.39, 0.29) is 0 Å². The van der Waals surface area contributed by atoms with Crippen LogP contribution in [0.3, 0.4) is 0 Å². The first kappa shape index (κ1) is 21.2. The third-order valence-electron chi connectivity index (χ3n) is 4.88. The molecule has 6 nitrogen and oxygen atoms in total. The lowest BCUT2D eigenvalue weighted by atomic mass is 10.2. The van der Waals surface area contributed by atoms with Crippen molar-refractivity contribution in [3.8, 4) is 0 Å². The van der Waals surface area contributed by atoms with Crippen LogP contribution in [0.5, 0.6) is 0 Å². The van der Waals surface area contributed by atoms with Crippen LogP contribution in [0.25, 0.3) is 0 Å². The van der Waals surface area contributed by atoms with E-state index < -0.39 is 17.5 Å². The van der Waals surface area contributed by atoms with Crippen LogP contribution in [0.1, 0.15) is 38.5 Å². The summed E-state index contributed by atoms with van der Waals surface area (Å²) < 4.78 is 30.6. The van der Waals surface area contributed by atoms with Gasteiger partial charge in [-0.2, -0.15) is 0 Å². The van der Waals surface area contributed by atoms with Crippen molar-refractivity contribution in [1.29, 1.82) is 0 Å². The van der Waals surface area contributed by atoms with Gasteiger partial charge in [0.2, 0.25) is 0 Å². The number of rotatable bonds is 11. The molecule has 0 unspecified atom stereocenters. The second-order valence-electron chi connectivity index (χ2n) is 6.02. The summed E-state index contributed by atoms with van der Waals surface area (Å²) in [4.78, 5) is 0.